The van der Waals surface area contributed by atoms with Crippen molar-refractivity contribution in [2.75, 3.05) is 6.61 Å². The summed E-state index contributed by atoms with van der Waals surface area (Å²) in [5.41, 5.74) is 0.162. The number of fused-ring (bicyclic) bond motifs is 1. The van der Waals surface area contributed by atoms with Crippen LogP contribution in [0.1, 0.15) is 24.7 Å². The average molecular weight is 506 g/mol. The number of nitrogens with zero attached hydrogens (tertiary/aromatic N) is 4. The number of hydrogen-bond donors (Lipinski definition) is 0. The van der Waals surface area contributed by atoms with E-state index in [1.54, 1.807) is 12.1 Å². The Labute approximate surface area is 191 Å². The molecule has 0 N–H and O–H groups in total. The summed E-state index contributed by atoms with van der Waals surface area (Å²) in [5, 5.41) is 16.3. The smallest absolute Gasteiger partial charge is 0.313 e. The maximum absolute atomic E-state index is 13.1. The Kier molecular flexibility index (Phi) is 7.19. The fourth-order valence-electron chi connectivity index (χ4n) is 2.95. The molecule has 0 aliphatic heterocycles. The van der Waals surface area contributed by atoms with Gasteiger partial charge in [0, 0.05) is 27.5 Å². The van der Waals surface area contributed by atoms with Crippen molar-refractivity contribution in [2.45, 2.75) is 19.8 Å². The molecule has 8 nitrogen and oxygen atoms in total. The van der Waals surface area contributed by atoms with Crippen LogP contribution in [0.5, 0.6) is 5.75 Å². The molecule has 3 rings (SSSR count). The third kappa shape index (κ3) is 5.00. The van der Waals surface area contributed by atoms with E-state index in [1.165, 1.54) is 29.1 Å². The maximum atomic E-state index is 13.1. The number of aromatic nitrogens is 2. The molecule has 0 radical (unpaired) electrons. The number of ether oxygens (including phenoxy) is 1. The minimum atomic E-state index is -0.592. The van der Waals surface area contributed by atoms with Crippen LogP contribution < -0.4 is 10.3 Å². The van der Waals surface area contributed by atoms with Gasteiger partial charge < -0.3 is 4.74 Å². The number of nitro benzene ring substituents is 1. The number of hydrogen-bond acceptors (Lipinski definition) is 6. The monoisotopic (exact) mass is 504 g/mol. The highest BCUT2D eigenvalue weighted by atomic mass is 79.9. The largest absolute Gasteiger partial charge is 0.482 e. The second-order valence-corrected chi connectivity index (χ2v) is 7.85. The minimum Gasteiger partial charge on any atom is -0.482 e. The summed E-state index contributed by atoms with van der Waals surface area (Å²) in [4.78, 5) is 28.5. The van der Waals surface area contributed by atoms with Gasteiger partial charge in [-0.1, -0.05) is 47.1 Å². The molecule has 0 fully saturated rings. The summed E-state index contributed by atoms with van der Waals surface area (Å²) < 4.78 is 7.43. The molecule has 160 valence electrons. The van der Waals surface area contributed by atoms with Gasteiger partial charge in [0.1, 0.15) is 12.4 Å². The zero-order valence-corrected chi connectivity index (χ0v) is 18.9. The first-order chi connectivity index (χ1) is 14.8. The molecule has 0 unspecified atom stereocenters. The van der Waals surface area contributed by atoms with Gasteiger partial charge in [-0.3, -0.25) is 14.9 Å². The van der Waals surface area contributed by atoms with Crippen LogP contribution in [0.4, 0.5) is 5.69 Å². The molecule has 0 amide bonds. The summed E-state index contributed by atoms with van der Waals surface area (Å²) in [6, 6.07) is 7.92. The molecule has 0 aliphatic carbocycles. The molecule has 0 spiro atoms. The van der Waals surface area contributed by atoms with E-state index in [-0.39, 0.29) is 34.2 Å². The Bertz CT molecular complexity index is 1260. The number of aryl methyl sites for hydroxylation is 1. The molecule has 0 bridgehead atoms. The Morgan fingerprint density at radius 2 is 2.16 bits per heavy atom. The molecule has 1 heterocycles. The van der Waals surface area contributed by atoms with Gasteiger partial charge in [-0.15, -0.1) is 0 Å². The third-order valence-corrected chi connectivity index (χ3v) is 4.98. The van der Waals surface area contributed by atoms with E-state index in [0.717, 1.165) is 10.9 Å². The van der Waals surface area contributed by atoms with Crippen LogP contribution in [0.15, 0.2) is 57.4 Å². The molecular formula is C21H18BrClN4O4. The van der Waals surface area contributed by atoms with Crippen LogP contribution >= 0.6 is 27.5 Å². The summed E-state index contributed by atoms with van der Waals surface area (Å²) in [7, 11) is 0. The number of rotatable bonds is 8. The van der Waals surface area contributed by atoms with Crippen molar-refractivity contribution in [3.8, 4) is 5.75 Å². The number of halogens is 2. The zero-order valence-electron chi connectivity index (χ0n) is 16.5. The van der Waals surface area contributed by atoms with Gasteiger partial charge in [-0.25, -0.2) is 4.98 Å². The predicted octanol–water partition coefficient (Wildman–Crippen LogP) is 5.12. The highest BCUT2D eigenvalue weighted by Crippen LogP contribution is 2.33. The van der Waals surface area contributed by atoms with E-state index in [1.807, 2.05) is 13.0 Å². The van der Waals surface area contributed by atoms with Crippen LogP contribution in [0.3, 0.4) is 0 Å². The lowest BCUT2D eigenvalue weighted by molar-refractivity contribution is -0.385. The van der Waals surface area contributed by atoms with E-state index in [2.05, 4.69) is 32.6 Å². The summed E-state index contributed by atoms with van der Waals surface area (Å²) >= 11 is 9.42. The predicted molar refractivity (Wildman–Crippen MR) is 124 cm³/mol. The topological polar surface area (TPSA) is 99.6 Å². The Hall–Kier alpha value is -3.04. The lowest BCUT2D eigenvalue weighted by Crippen LogP contribution is -2.22. The Morgan fingerprint density at radius 3 is 2.84 bits per heavy atom. The average Bonchev–Trinajstić information content (AvgIpc) is 2.73. The first-order valence-electron chi connectivity index (χ1n) is 9.32. The van der Waals surface area contributed by atoms with Crippen LogP contribution in [-0.4, -0.2) is 27.4 Å². The van der Waals surface area contributed by atoms with Crippen LogP contribution in [0, 0.1) is 10.1 Å². The molecule has 3 aromatic rings. The molecule has 0 saturated carbocycles. The van der Waals surface area contributed by atoms with Crippen LogP contribution in [-0.2, 0) is 6.42 Å². The summed E-state index contributed by atoms with van der Waals surface area (Å²) in [6.45, 7) is 5.58. The maximum Gasteiger partial charge on any atom is 0.313 e. The van der Waals surface area contributed by atoms with Crippen molar-refractivity contribution in [3.63, 3.8) is 0 Å². The number of nitro groups is 1. The van der Waals surface area contributed by atoms with Crippen molar-refractivity contribution >= 4 is 50.3 Å². The Balaban J connectivity index is 2.20. The second-order valence-electron chi connectivity index (χ2n) is 6.50. The van der Waals surface area contributed by atoms with Gasteiger partial charge in [-0.05, 0) is 30.7 Å². The fourth-order valence-corrected chi connectivity index (χ4v) is 3.53. The van der Waals surface area contributed by atoms with Crippen molar-refractivity contribution in [1.29, 1.82) is 0 Å². The normalized spacial score (nSPS) is 11.2. The standard InChI is InChI=1S/C21H18BrClN4O4/c1-3-5-19-25-17-7-6-14(22)10-16(17)21(28)26(19)24-12-13-9-15(23)11-18(27(29)30)20(13)31-8-4-2/h4,6-7,9-12H,2-3,5,8H2,1H3. The second kappa shape index (κ2) is 9.84. The van der Waals surface area contributed by atoms with E-state index in [4.69, 9.17) is 16.3 Å². The molecule has 10 heteroatoms. The highest BCUT2D eigenvalue weighted by molar-refractivity contribution is 9.10. The molecule has 2 aromatic carbocycles. The van der Waals surface area contributed by atoms with Crippen LogP contribution in [0.25, 0.3) is 10.9 Å². The molecular weight excluding hydrogens is 488 g/mol. The Morgan fingerprint density at radius 1 is 1.39 bits per heavy atom. The quantitative estimate of drug-likeness (QED) is 0.183. The SMILES string of the molecule is C=CCOc1c(C=Nn2c(CCC)nc3ccc(Br)cc3c2=O)cc(Cl)cc1[N+](=O)[O-]. The number of benzene rings is 2. The highest BCUT2D eigenvalue weighted by Gasteiger charge is 2.20. The third-order valence-electron chi connectivity index (χ3n) is 4.27. The molecule has 0 atom stereocenters. The zero-order chi connectivity index (χ0) is 22.5. The van der Waals surface area contributed by atoms with Crippen molar-refractivity contribution in [1.82, 2.24) is 9.66 Å². The van der Waals surface area contributed by atoms with Crippen LogP contribution in [0.2, 0.25) is 5.02 Å². The van der Waals surface area contributed by atoms with Crippen molar-refractivity contribution < 1.29 is 9.66 Å². The van der Waals surface area contributed by atoms with Crippen molar-refractivity contribution in [3.05, 3.63) is 84.3 Å². The lowest BCUT2D eigenvalue weighted by atomic mass is 10.2. The molecule has 1 aromatic heterocycles. The van der Waals surface area contributed by atoms with E-state index in [0.29, 0.717) is 23.1 Å². The van der Waals surface area contributed by atoms with Gasteiger partial charge in [0.25, 0.3) is 5.56 Å². The van der Waals surface area contributed by atoms with Crippen molar-refractivity contribution in [2.24, 2.45) is 5.10 Å². The van der Waals surface area contributed by atoms with Gasteiger partial charge >= 0.3 is 5.69 Å². The summed E-state index contributed by atoms with van der Waals surface area (Å²) in [6.07, 6.45) is 4.05. The van der Waals surface area contributed by atoms with Gasteiger partial charge in [-0.2, -0.15) is 9.78 Å². The minimum absolute atomic E-state index is 0.0142. The van der Waals surface area contributed by atoms with Gasteiger partial charge in [0.05, 0.1) is 22.0 Å². The first-order valence-corrected chi connectivity index (χ1v) is 10.5. The molecule has 31 heavy (non-hydrogen) atoms. The van der Waals surface area contributed by atoms with Gasteiger partial charge in [0.15, 0.2) is 0 Å². The molecule has 0 saturated heterocycles. The first kappa shape index (κ1) is 22.6. The van der Waals surface area contributed by atoms with E-state index < -0.39 is 4.92 Å². The molecule has 0 aliphatic rings. The summed E-state index contributed by atoms with van der Waals surface area (Å²) in [5.74, 6) is 0.461. The van der Waals surface area contributed by atoms with E-state index >= 15 is 0 Å². The lowest BCUT2D eigenvalue weighted by Gasteiger charge is -2.10. The van der Waals surface area contributed by atoms with E-state index in [9.17, 15) is 14.9 Å². The fraction of sp³-hybridized carbons (Fsp3) is 0.190. The van der Waals surface area contributed by atoms with Gasteiger partial charge in [0.2, 0.25) is 5.75 Å².